The van der Waals surface area contributed by atoms with E-state index in [1.165, 1.54) is 23.5 Å². The van der Waals surface area contributed by atoms with Crippen molar-refractivity contribution in [2.75, 3.05) is 32.1 Å². The van der Waals surface area contributed by atoms with E-state index in [2.05, 4.69) is 10.6 Å². The lowest BCUT2D eigenvalue weighted by atomic mass is 10.2. The highest BCUT2D eigenvalue weighted by molar-refractivity contribution is 7.89. The van der Waals surface area contributed by atoms with Crippen molar-refractivity contribution in [3.63, 3.8) is 0 Å². The minimum Gasteiger partial charge on any atom is -0.495 e. The number of hydrogen-bond acceptors (Lipinski definition) is 4. The number of ether oxygens (including phenoxy) is 1. The number of methoxy groups -OCH3 is 1. The lowest BCUT2D eigenvalue weighted by Crippen LogP contribution is -2.32. The summed E-state index contributed by atoms with van der Waals surface area (Å²) in [5, 5.41) is 5.39. The molecule has 0 radical (unpaired) electrons. The summed E-state index contributed by atoms with van der Waals surface area (Å²) in [7, 11) is -2.07. The molecule has 0 saturated carbocycles. The van der Waals surface area contributed by atoms with E-state index in [4.69, 9.17) is 4.74 Å². The van der Waals surface area contributed by atoms with Gasteiger partial charge in [-0.2, -0.15) is 4.31 Å². The van der Waals surface area contributed by atoms with Crippen LogP contribution in [0.5, 0.6) is 5.75 Å². The maximum atomic E-state index is 12.6. The van der Waals surface area contributed by atoms with Crippen molar-refractivity contribution < 1.29 is 17.9 Å². The molecule has 0 unspecified atom stereocenters. The number of carbonyl (C=O) groups is 1. The molecule has 1 heterocycles. The van der Waals surface area contributed by atoms with Crippen LogP contribution in [0.2, 0.25) is 0 Å². The molecule has 134 valence electrons. The van der Waals surface area contributed by atoms with Crippen molar-refractivity contribution in [1.82, 2.24) is 9.62 Å². The molecule has 1 aliphatic rings. The molecule has 1 aromatic carbocycles. The van der Waals surface area contributed by atoms with Crippen LogP contribution in [0.4, 0.5) is 10.5 Å². The van der Waals surface area contributed by atoms with Crippen LogP contribution in [0, 0.1) is 5.92 Å². The molecule has 0 aliphatic carbocycles. The summed E-state index contributed by atoms with van der Waals surface area (Å²) < 4.78 is 32.0. The zero-order valence-electron chi connectivity index (χ0n) is 14.3. The number of hydrogen-bond donors (Lipinski definition) is 2. The molecule has 0 bridgehead atoms. The predicted molar refractivity (Wildman–Crippen MR) is 92.8 cm³/mol. The average Bonchev–Trinajstić information content (AvgIpc) is 3.08. The van der Waals surface area contributed by atoms with Crippen LogP contribution in [0.25, 0.3) is 0 Å². The number of carbonyl (C=O) groups excluding carboxylic acids is 1. The Labute approximate surface area is 143 Å². The lowest BCUT2D eigenvalue weighted by Gasteiger charge is -2.18. The topological polar surface area (TPSA) is 87.7 Å². The molecule has 8 heteroatoms. The molecular formula is C16H25N3O4S. The smallest absolute Gasteiger partial charge is 0.319 e. The maximum absolute atomic E-state index is 12.6. The summed E-state index contributed by atoms with van der Waals surface area (Å²) in [5.41, 5.74) is 0.332. The largest absolute Gasteiger partial charge is 0.495 e. The maximum Gasteiger partial charge on any atom is 0.319 e. The van der Waals surface area contributed by atoms with Gasteiger partial charge in [0.1, 0.15) is 5.75 Å². The van der Waals surface area contributed by atoms with Gasteiger partial charge in [0.25, 0.3) is 0 Å². The normalized spacial score (nSPS) is 15.5. The van der Waals surface area contributed by atoms with Gasteiger partial charge in [0.15, 0.2) is 0 Å². The predicted octanol–water partition coefficient (Wildman–Crippen LogP) is 2.26. The highest BCUT2D eigenvalue weighted by Gasteiger charge is 2.28. The van der Waals surface area contributed by atoms with E-state index in [9.17, 15) is 13.2 Å². The molecule has 0 spiro atoms. The first kappa shape index (κ1) is 18.5. The monoisotopic (exact) mass is 355 g/mol. The molecule has 1 fully saturated rings. The van der Waals surface area contributed by atoms with Crippen molar-refractivity contribution in [2.45, 2.75) is 31.6 Å². The molecule has 2 N–H and O–H groups in total. The van der Waals surface area contributed by atoms with Gasteiger partial charge in [-0.05, 0) is 37.0 Å². The van der Waals surface area contributed by atoms with Crippen molar-refractivity contribution in [2.24, 2.45) is 5.92 Å². The van der Waals surface area contributed by atoms with Crippen LogP contribution in [0.1, 0.15) is 26.7 Å². The van der Waals surface area contributed by atoms with E-state index in [1.54, 1.807) is 6.07 Å². The second-order valence-corrected chi connectivity index (χ2v) is 8.14. The van der Waals surface area contributed by atoms with Gasteiger partial charge in [0.05, 0.1) is 17.7 Å². The van der Waals surface area contributed by atoms with Gasteiger partial charge < -0.3 is 15.4 Å². The van der Waals surface area contributed by atoms with Crippen LogP contribution in [0.3, 0.4) is 0 Å². The molecule has 24 heavy (non-hydrogen) atoms. The molecule has 2 amide bonds. The minimum absolute atomic E-state index is 0.157. The average molecular weight is 355 g/mol. The fourth-order valence-corrected chi connectivity index (χ4v) is 4.03. The van der Waals surface area contributed by atoms with Crippen LogP contribution >= 0.6 is 0 Å². The number of urea groups is 1. The zero-order chi connectivity index (χ0) is 17.7. The standard InChI is InChI=1S/C16H25N3O4S/c1-12(2)11-17-16(20)18-14-10-13(6-7-15(14)23-3)24(21,22)19-8-4-5-9-19/h6-7,10,12H,4-5,8-9,11H2,1-3H3,(H2,17,18,20). The Hall–Kier alpha value is -1.80. The Morgan fingerprint density at radius 2 is 1.96 bits per heavy atom. The summed E-state index contributed by atoms with van der Waals surface area (Å²) in [6, 6.07) is 4.12. The van der Waals surface area contributed by atoms with Crippen molar-refractivity contribution >= 4 is 21.7 Å². The minimum atomic E-state index is -3.54. The van der Waals surface area contributed by atoms with Crippen molar-refractivity contribution in [3.8, 4) is 5.75 Å². The third-order valence-electron chi connectivity index (χ3n) is 3.79. The summed E-state index contributed by atoms with van der Waals surface area (Å²) in [4.78, 5) is 12.1. The molecule has 7 nitrogen and oxygen atoms in total. The second-order valence-electron chi connectivity index (χ2n) is 6.20. The van der Waals surface area contributed by atoms with Gasteiger partial charge in [-0.3, -0.25) is 0 Å². The van der Waals surface area contributed by atoms with Crippen LogP contribution < -0.4 is 15.4 Å². The third-order valence-corrected chi connectivity index (χ3v) is 5.69. The Bertz CT molecular complexity index is 683. The number of anilines is 1. The second kappa shape index (κ2) is 7.85. The number of rotatable bonds is 6. The molecular weight excluding hydrogens is 330 g/mol. The number of nitrogens with zero attached hydrogens (tertiary/aromatic N) is 1. The van der Waals surface area contributed by atoms with Crippen LogP contribution in [-0.2, 0) is 10.0 Å². The van der Waals surface area contributed by atoms with Crippen molar-refractivity contribution in [3.05, 3.63) is 18.2 Å². The molecule has 2 rings (SSSR count). The van der Waals surface area contributed by atoms with Gasteiger partial charge in [-0.1, -0.05) is 13.8 Å². The zero-order valence-corrected chi connectivity index (χ0v) is 15.1. The van der Waals surface area contributed by atoms with Gasteiger partial charge in [-0.25, -0.2) is 13.2 Å². The van der Waals surface area contributed by atoms with Crippen molar-refractivity contribution in [1.29, 1.82) is 0 Å². The summed E-state index contributed by atoms with van der Waals surface area (Å²) >= 11 is 0. The molecule has 0 aromatic heterocycles. The first-order chi connectivity index (χ1) is 11.3. The third kappa shape index (κ3) is 4.39. The van der Waals surface area contributed by atoms with Gasteiger partial charge in [-0.15, -0.1) is 0 Å². The van der Waals surface area contributed by atoms with Gasteiger partial charge in [0, 0.05) is 19.6 Å². The van der Waals surface area contributed by atoms with E-state index in [0.717, 1.165) is 12.8 Å². The Morgan fingerprint density at radius 3 is 2.54 bits per heavy atom. The Morgan fingerprint density at radius 1 is 1.29 bits per heavy atom. The van der Waals surface area contributed by atoms with Crippen LogP contribution in [0.15, 0.2) is 23.1 Å². The fourth-order valence-electron chi connectivity index (χ4n) is 2.49. The highest BCUT2D eigenvalue weighted by atomic mass is 32.2. The Balaban J connectivity index is 2.22. The van der Waals surface area contributed by atoms with E-state index in [0.29, 0.717) is 37.0 Å². The summed E-state index contributed by atoms with van der Waals surface area (Å²) in [5.74, 6) is 0.731. The number of sulfonamides is 1. The summed E-state index contributed by atoms with van der Waals surface area (Å²) in [6.07, 6.45) is 1.75. The first-order valence-electron chi connectivity index (χ1n) is 8.07. The van der Waals surface area contributed by atoms with E-state index < -0.39 is 16.1 Å². The molecule has 1 aliphatic heterocycles. The first-order valence-corrected chi connectivity index (χ1v) is 9.51. The fraction of sp³-hybridized carbons (Fsp3) is 0.562. The van der Waals surface area contributed by atoms with Gasteiger partial charge in [0.2, 0.25) is 10.0 Å². The Kier molecular flexibility index (Phi) is 6.06. The molecule has 1 aromatic rings. The number of amides is 2. The van der Waals surface area contributed by atoms with Crippen LogP contribution in [-0.4, -0.2) is 45.5 Å². The lowest BCUT2D eigenvalue weighted by molar-refractivity contribution is 0.250. The summed E-state index contributed by atoms with van der Waals surface area (Å²) in [6.45, 7) is 5.58. The SMILES string of the molecule is COc1ccc(S(=O)(=O)N2CCCC2)cc1NC(=O)NCC(C)C. The number of benzene rings is 1. The number of nitrogens with one attached hydrogen (secondary N) is 2. The van der Waals surface area contributed by atoms with E-state index in [1.807, 2.05) is 13.8 Å². The van der Waals surface area contributed by atoms with E-state index >= 15 is 0 Å². The molecule has 0 atom stereocenters. The molecule has 1 saturated heterocycles. The highest BCUT2D eigenvalue weighted by Crippen LogP contribution is 2.30. The van der Waals surface area contributed by atoms with Gasteiger partial charge >= 0.3 is 6.03 Å². The van der Waals surface area contributed by atoms with E-state index in [-0.39, 0.29) is 4.90 Å². The quantitative estimate of drug-likeness (QED) is 0.819.